The van der Waals surface area contributed by atoms with Crippen molar-refractivity contribution in [3.05, 3.63) is 17.5 Å². The van der Waals surface area contributed by atoms with E-state index in [0.29, 0.717) is 6.54 Å². The van der Waals surface area contributed by atoms with Gasteiger partial charge in [0.2, 0.25) is 5.91 Å². The van der Waals surface area contributed by atoms with Crippen LogP contribution in [0, 0.1) is 0 Å². The summed E-state index contributed by atoms with van der Waals surface area (Å²) in [4.78, 5) is 36.8. The van der Waals surface area contributed by atoms with Crippen LogP contribution in [0.5, 0.6) is 0 Å². The molecule has 0 aromatic carbocycles. The van der Waals surface area contributed by atoms with E-state index in [4.69, 9.17) is 0 Å². The van der Waals surface area contributed by atoms with E-state index in [1.807, 2.05) is 10.7 Å². The van der Waals surface area contributed by atoms with Crippen LogP contribution in [0.2, 0.25) is 0 Å². The molecule has 1 atom stereocenters. The molecule has 136 valence electrons. The summed E-state index contributed by atoms with van der Waals surface area (Å²) in [7, 11) is 0. The molecule has 3 N–H and O–H groups in total. The summed E-state index contributed by atoms with van der Waals surface area (Å²) in [6.07, 6.45) is 2.31. The maximum atomic E-state index is 12.0. The summed E-state index contributed by atoms with van der Waals surface area (Å²) in [6, 6.07) is 0.662. The van der Waals surface area contributed by atoms with Gasteiger partial charge < -0.3 is 10.6 Å². The number of carbonyl (C=O) groups excluding carboxylic acids is 3. The van der Waals surface area contributed by atoms with Crippen molar-refractivity contribution in [3.8, 4) is 0 Å². The molecule has 3 heterocycles. The van der Waals surface area contributed by atoms with Gasteiger partial charge in [-0.2, -0.15) is 5.10 Å². The predicted octanol–water partition coefficient (Wildman–Crippen LogP) is -0.287. The standard InChI is InChI=1S/C16H24N6O3/c1-2-3-4-21-5-6-22-12(10-21)7-11(20-22)9-17-14(23)8-13-15(24)19-16(25)18-13/h7,13H,2-6,8-10H2,1H3,(H,17,23)(H2,18,19,24,25). The average Bonchev–Trinajstić information content (AvgIpc) is 3.12. The van der Waals surface area contributed by atoms with Gasteiger partial charge >= 0.3 is 6.03 Å². The van der Waals surface area contributed by atoms with Gasteiger partial charge in [-0.05, 0) is 19.0 Å². The number of imide groups is 1. The van der Waals surface area contributed by atoms with Crippen LogP contribution >= 0.6 is 0 Å². The summed E-state index contributed by atoms with van der Waals surface area (Å²) >= 11 is 0. The topological polar surface area (TPSA) is 108 Å². The number of urea groups is 1. The lowest BCUT2D eigenvalue weighted by atomic mass is 10.2. The van der Waals surface area contributed by atoms with Crippen LogP contribution < -0.4 is 16.0 Å². The molecule has 4 amide bonds. The van der Waals surface area contributed by atoms with E-state index in [2.05, 4.69) is 32.9 Å². The fraction of sp³-hybridized carbons (Fsp3) is 0.625. The van der Waals surface area contributed by atoms with Gasteiger partial charge in [0.15, 0.2) is 0 Å². The molecule has 0 saturated carbocycles. The highest BCUT2D eigenvalue weighted by Gasteiger charge is 2.31. The second kappa shape index (κ2) is 7.64. The summed E-state index contributed by atoms with van der Waals surface area (Å²) < 4.78 is 1.99. The molecule has 2 aliphatic heterocycles. The van der Waals surface area contributed by atoms with Crippen molar-refractivity contribution in [3.63, 3.8) is 0 Å². The first-order chi connectivity index (χ1) is 12.0. The summed E-state index contributed by atoms with van der Waals surface area (Å²) in [5.41, 5.74) is 1.97. The van der Waals surface area contributed by atoms with Gasteiger partial charge in [-0.25, -0.2) is 4.79 Å². The first-order valence-corrected chi connectivity index (χ1v) is 8.71. The zero-order valence-corrected chi connectivity index (χ0v) is 14.4. The zero-order chi connectivity index (χ0) is 17.8. The van der Waals surface area contributed by atoms with Gasteiger partial charge in [0.05, 0.1) is 30.9 Å². The quantitative estimate of drug-likeness (QED) is 0.587. The Kier molecular flexibility index (Phi) is 5.32. The Hall–Kier alpha value is -2.42. The second-order valence-corrected chi connectivity index (χ2v) is 6.48. The highest BCUT2D eigenvalue weighted by molar-refractivity contribution is 6.05. The van der Waals surface area contributed by atoms with E-state index in [0.717, 1.165) is 37.6 Å². The van der Waals surface area contributed by atoms with Crippen LogP contribution in [0.3, 0.4) is 0 Å². The van der Waals surface area contributed by atoms with Gasteiger partial charge in [-0.1, -0.05) is 13.3 Å². The molecule has 2 aliphatic rings. The number of hydrogen-bond acceptors (Lipinski definition) is 5. The van der Waals surface area contributed by atoms with Crippen LogP contribution in [0.25, 0.3) is 0 Å². The number of unbranched alkanes of at least 4 members (excludes halogenated alkanes) is 1. The minimum atomic E-state index is -0.796. The molecule has 1 aromatic heterocycles. The lowest BCUT2D eigenvalue weighted by molar-refractivity contribution is -0.126. The maximum Gasteiger partial charge on any atom is 0.322 e. The fourth-order valence-electron chi connectivity index (χ4n) is 3.09. The lowest BCUT2D eigenvalue weighted by Gasteiger charge is -2.27. The Morgan fingerprint density at radius 1 is 1.40 bits per heavy atom. The smallest absolute Gasteiger partial charge is 0.322 e. The normalized spacial score (nSPS) is 20.1. The molecule has 1 fully saturated rings. The molecule has 1 unspecified atom stereocenters. The highest BCUT2D eigenvalue weighted by atomic mass is 16.2. The average molecular weight is 348 g/mol. The third kappa shape index (κ3) is 4.36. The summed E-state index contributed by atoms with van der Waals surface area (Å²) in [5.74, 6) is -0.761. The van der Waals surface area contributed by atoms with Crippen molar-refractivity contribution in [1.82, 2.24) is 30.6 Å². The molecule has 9 nitrogen and oxygen atoms in total. The van der Waals surface area contributed by atoms with E-state index in [9.17, 15) is 14.4 Å². The fourth-order valence-corrected chi connectivity index (χ4v) is 3.09. The van der Waals surface area contributed by atoms with E-state index < -0.39 is 18.0 Å². The van der Waals surface area contributed by atoms with Gasteiger partial charge in [0.25, 0.3) is 5.91 Å². The number of nitrogens with one attached hydrogen (secondary N) is 3. The number of amides is 4. The van der Waals surface area contributed by atoms with Crippen LogP contribution in [0.4, 0.5) is 4.79 Å². The van der Waals surface area contributed by atoms with Gasteiger partial charge in [0, 0.05) is 13.1 Å². The molecule has 1 aromatic rings. The van der Waals surface area contributed by atoms with Crippen molar-refractivity contribution in [1.29, 1.82) is 0 Å². The second-order valence-electron chi connectivity index (χ2n) is 6.48. The number of fused-ring (bicyclic) bond motifs is 1. The Bertz CT molecular complexity index is 671. The molecule has 0 bridgehead atoms. The summed E-state index contributed by atoms with van der Waals surface area (Å²) in [5, 5.41) is 11.8. The Morgan fingerprint density at radius 2 is 2.24 bits per heavy atom. The monoisotopic (exact) mass is 348 g/mol. The van der Waals surface area contributed by atoms with Crippen LogP contribution in [0.15, 0.2) is 6.07 Å². The van der Waals surface area contributed by atoms with Crippen LogP contribution in [-0.4, -0.2) is 51.7 Å². The minimum absolute atomic E-state index is 0.0735. The van der Waals surface area contributed by atoms with E-state index in [1.165, 1.54) is 12.8 Å². The number of rotatable bonds is 7. The van der Waals surface area contributed by atoms with Gasteiger partial charge in [-0.15, -0.1) is 0 Å². The van der Waals surface area contributed by atoms with Crippen molar-refractivity contribution in [2.45, 2.75) is 51.9 Å². The van der Waals surface area contributed by atoms with E-state index in [-0.39, 0.29) is 12.3 Å². The third-order valence-electron chi connectivity index (χ3n) is 4.47. The van der Waals surface area contributed by atoms with Crippen molar-refractivity contribution >= 4 is 17.8 Å². The lowest BCUT2D eigenvalue weighted by Crippen LogP contribution is -2.36. The van der Waals surface area contributed by atoms with Crippen LogP contribution in [0.1, 0.15) is 37.6 Å². The minimum Gasteiger partial charge on any atom is -0.350 e. The molecule has 0 radical (unpaired) electrons. The highest BCUT2D eigenvalue weighted by Crippen LogP contribution is 2.14. The molecule has 25 heavy (non-hydrogen) atoms. The molecule has 1 saturated heterocycles. The van der Waals surface area contributed by atoms with Crippen molar-refractivity contribution < 1.29 is 14.4 Å². The molecule has 0 spiro atoms. The maximum absolute atomic E-state index is 12.0. The van der Waals surface area contributed by atoms with Gasteiger partial charge in [-0.3, -0.25) is 24.5 Å². The van der Waals surface area contributed by atoms with Crippen molar-refractivity contribution in [2.24, 2.45) is 0 Å². The Labute approximate surface area is 146 Å². The van der Waals surface area contributed by atoms with E-state index in [1.54, 1.807) is 0 Å². The molecule has 9 heteroatoms. The SMILES string of the molecule is CCCCN1CCn2nc(CNC(=O)CC3NC(=O)NC3=O)cc2C1. The Morgan fingerprint density at radius 3 is 2.96 bits per heavy atom. The van der Waals surface area contributed by atoms with E-state index >= 15 is 0 Å². The molecular weight excluding hydrogens is 324 g/mol. The first kappa shape index (κ1) is 17.4. The third-order valence-corrected chi connectivity index (χ3v) is 4.47. The number of nitrogens with zero attached hydrogens (tertiary/aromatic N) is 3. The molecule has 3 rings (SSSR count). The Balaban J connectivity index is 1.48. The predicted molar refractivity (Wildman–Crippen MR) is 89.3 cm³/mol. The molecular formula is C16H24N6O3. The summed E-state index contributed by atoms with van der Waals surface area (Å²) in [6.45, 7) is 6.35. The largest absolute Gasteiger partial charge is 0.350 e. The van der Waals surface area contributed by atoms with Gasteiger partial charge in [0.1, 0.15) is 6.04 Å². The zero-order valence-electron chi connectivity index (χ0n) is 14.4. The van der Waals surface area contributed by atoms with Crippen molar-refractivity contribution in [2.75, 3.05) is 13.1 Å². The van der Waals surface area contributed by atoms with Crippen LogP contribution in [-0.2, 0) is 29.2 Å². The first-order valence-electron chi connectivity index (χ1n) is 8.71. The number of aromatic nitrogens is 2. The number of hydrogen-bond donors (Lipinski definition) is 3. The molecule has 0 aliphatic carbocycles. The number of carbonyl (C=O) groups is 3.